The van der Waals surface area contributed by atoms with Crippen LogP contribution in [0.15, 0.2) is 107 Å². The highest BCUT2D eigenvalue weighted by Gasteiger charge is 2.41. The Bertz CT molecular complexity index is 1780. The number of fused-ring (bicyclic) bond motifs is 1. The molecule has 0 N–H and O–H groups in total. The summed E-state index contributed by atoms with van der Waals surface area (Å²) in [6.45, 7) is 4.13. The van der Waals surface area contributed by atoms with Gasteiger partial charge in [0.1, 0.15) is 19.9 Å². The van der Waals surface area contributed by atoms with Gasteiger partial charge in [0.15, 0.2) is 5.11 Å². The maximum atomic E-state index is 14.1. The van der Waals surface area contributed by atoms with Gasteiger partial charge in [-0.05, 0) is 48.6 Å². The minimum Gasteiger partial charge on any atom is -0.337 e. The molecule has 3 heterocycles. The Balaban J connectivity index is 1.67. The molecular formula is C29H22N4O2S3. The summed E-state index contributed by atoms with van der Waals surface area (Å²) in [6.07, 6.45) is 1.67. The van der Waals surface area contributed by atoms with E-state index in [0.717, 1.165) is 21.3 Å². The average Bonchev–Trinajstić information content (AvgIpc) is 3.53. The summed E-state index contributed by atoms with van der Waals surface area (Å²) in [5.74, 6) is -0.281. The minimum atomic E-state index is -0.281. The zero-order valence-electron chi connectivity index (χ0n) is 20.4. The number of hydrogen-bond acceptors (Lipinski definition) is 6. The summed E-state index contributed by atoms with van der Waals surface area (Å²) < 4.78 is 2.73. The third-order valence-electron chi connectivity index (χ3n) is 6.37. The quantitative estimate of drug-likeness (QED) is 0.276. The van der Waals surface area contributed by atoms with Crippen LogP contribution in [0.1, 0.15) is 0 Å². The van der Waals surface area contributed by atoms with Crippen LogP contribution in [-0.4, -0.2) is 22.6 Å². The van der Waals surface area contributed by atoms with Crippen molar-refractivity contribution in [1.29, 1.82) is 0 Å². The maximum absolute atomic E-state index is 14.1. The molecule has 0 saturated carbocycles. The molecule has 4 aromatic rings. The predicted octanol–water partition coefficient (Wildman–Crippen LogP) is 4.35. The normalized spacial score (nSPS) is 17.9. The number of carbonyl (C=O) groups is 1. The SMILES string of the molecule is C=CCn1c(=C2C(=O)N(c3ccccc3)C(=S)N2c2ccccc2)s/c(=C2\Sc3ccccc3N2C)c1=O. The Kier molecular flexibility index (Phi) is 6.27. The van der Waals surface area contributed by atoms with Crippen LogP contribution in [0.3, 0.4) is 0 Å². The molecule has 1 amide bonds. The second kappa shape index (κ2) is 9.75. The van der Waals surface area contributed by atoms with E-state index < -0.39 is 0 Å². The van der Waals surface area contributed by atoms with Crippen LogP contribution in [-0.2, 0) is 11.3 Å². The molecule has 38 heavy (non-hydrogen) atoms. The van der Waals surface area contributed by atoms with Crippen molar-refractivity contribution in [2.75, 3.05) is 21.7 Å². The zero-order chi connectivity index (χ0) is 26.4. The van der Waals surface area contributed by atoms with E-state index in [1.54, 1.807) is 27.3 Å². The Morgan fingerprint density at radius 2 is 1.47 bits per heavy atom. The van der Waals surface area contributed by atoms with E-state index in [-0.39, 0.29) is 18.0 Å². The lowest BCUT2D eigenvalue weighted by Gasteiger charge is -2.20. The number of aromatic nitrogens is 1. The van der Waals surface area contributed by atoms with Gasteiger partial charge in [-0.2, -0.15) is 0 Å². The molecule has 9 heteroatoms. The standard InChI is InChI=1S/C29H22N4O2S3/c1-3-18-31-26(35)24(28-30(2)21-16-10-11-17-22(21)37-28)38-27(31)23-25(34)33(20-14-8-5-9-15-20)29(36)32(23)19-12-6-4-7-13-19/h3-17H,1,18H2,2H3/b27-23?,28-24-. The molecule has 1 saturated heterocycles. The number of amides is 1. The van der Waals surface area contributed by atoms with Crippen LogP contribution in [0.4, 0.5) is 17.1 Å². The number of hydrogen-bond donors (Lipinski definition) is 0. The van der Waals surface area contributed by atoms with Gasteiger partial charge in [-0.3, -0.25) is 24.0 Å². The van der Waals surface area contributed by atoms with Crippen LogP contribution in [0, 0.1) is 0 Å². The highest BCUT2D eigenvalue weighted by molar-refractivity contribution is 8.08. The Morgan fingerprint density at radius 3 is 2.11 bits per heavy atom. The summed E-state index contributed by atoms with van der Waals surface area (Å²) in [6, 6.07) is 26.9. The van der Waals surface area contributed by atoms with E-state index in [4.69, 9.17) is 12.2 Å². The van der Waals surface area contributed by atoms with Gasteiger partial charge < -0.3 is 4.90 Å². The van der Waals surface area contributed by atoms with Gasteiger partial charge in [0, 0.05) is 24.2 Å². The maximum Gasteiger partial charge on any atom is 0.284 e. The van der Waals surface area contributed by atoms with Crippen LogP contribution in [0.5, 0.6) is 0 Å². The Morgan fingerprint density at radius 1 is 0.868 bits per heavy atom. The van der Waals surface area contributed by atoms with Crippen molar-refractivity contribution in [2.45, 2.75) is 11.4 Å². The first-order valence-electron chi connectivity index (χ1n) is 11.9. The first-order valence-corrected chi connectivity index (χ1v) is 13.9. The number of rotatable bonds is 4. The second-order valence-electron chi connectivity index (χ2n) is 8.65. The van der Waals surface area contributed by atoms with Crippen molar-refractivity contribution in [3.63, 3.8) is 0 Å². The number of benzene rings is 3. The number of thioether (sulfide) groups is 1. The molecule has 0 aliphatic carbocycles. The minimum absolute atomic E-state index is 0.163. The monoisotopic (exact) mass is 554 g/mol. The number of anilines is 3. The van der Waals surface area contributed by atoms with Gasteiger partial charge in [-0.25, -0.2) is 0 Å². The smallest absolute Gasteiger partial charge is 0.284 e. The van der Waals surface area contributed by atoms with Crippen LogP contribution < -0.4 is 29.5 Å². The van der Waals surface area contributed by atoms with Crippen molar-refractivity contribution in [3.05, 3.63) is 117 Å². The van der Waals surface area contributed by atoms with Gasteiger partial charge in [-0.1, -0.05) is 66.4 Å². The molecule has 0 bridgehead atoms. The number of carbonyl (C=O) groups excluding carboxylic acids is 1. The Labute approximate surface area is 233 Å². The van der Waals surface area contributed by atoms with E-state index >= 15 is 0 Å². The van der Waals surface area contributed by atoms with Crippen LogP contribution in [0.25, 0.3) is 10.7 Å². The fraction of sp³-hybridized carbons (Fsp3) is 0.0690. The first kappa shape index (κ1) is 24.4. The van der Waals surface area contributed by atoms with E-state index in [1.807, 2.05) is 96.9 Å². The number of para-hydroxylation sites is 3. The average molecular weight is 555 g/mol. The molecule has 0 unspecified atom stereocenters. The Hall–Kier alpha value is -3.92. The van der Waals surface area contributed by atoms with E-state index in [0.29, 0.717) is 25.7 Å². The van der Waals surface area contributed by atoms with Gasteiger partial charge in [-0.15, -0.1) is 17.9 Å². The molecule has 1 fully saturated rings. The van der Waals surface area contributed by atoms with Crippen molar-refractivity contribution < 1.29 is 4.79 Å². The summed E-state index contributed by atoms with van der Waals surface area (Å²) in [5.41, 5.74) is 2.65. The summed E-state index contributed by atoms with van der Waals surface area (Å²) >= 11 is 8.76. The zero-order valence-corrected chi connectivity index (χ0v) is 22.9. The lowest BCUT2D eigenvalue weighted by atomic mass is 10.3. The highest BCUT2D eigenvalue weighted by atomic mass is 32.2. The van der Waals surface area contributed by atoms with Crippen LogP contribution >= 0.6 is 35.3 Å². The molecule has 0 atom stereocenters. The molecule has 2 aliphatic heterocycles. The largest absolute Gasteiger partial charge is 0.337 e. The fourth-order valence-corrected chi connectivity index (χ4v) is 7.48. The molecule has 0 radical (unpaired) electrons. The van der Waals surface area contributed by atoms with Crippen molar-refractivity contribution in [3.8, 4) is 0 Å². The van der Waals surface area contributed by atoms with Gasteiger partial charge in [0.2, 0.25) is 0 Å². The number of nitrogens with zero attached hydrogens (tertiary/aromatic N) is 4. The van der Waals surface area contributed by atoms with E-state index in [1.165, 1.54) is 16.2 Å². The third kappa shape index (κ3) is 3.82. The number of thiocarbonyl (C=S) groups is 1. The molecular weight excluding hydrogens is 533 g/mol. The predicted molar refractivity (Wildman–Crippen MR) is 161 cm³/mol. The summed E-state index contributed by atoms with van der Waals surface area (Å²) in [5, 5.41) is 1.17. The molecule has 6 nitrogen and oxygen atoms in total. The second-order valence-corrected chi connectivity index (χ2v) is 11.0. The lowest BCUT2D eigenvalue weighted by molar-refractivity contribution is -0.112. The van der Waals surface area contributed by atoms with Gasteiger partial charge >= 0.3 is 0 Å². The van der Waals surface area contributed by atoms with E-state index in [2.05, 4.69) is 6.58 Å². The van der Waals surface area contributed by atoms with Crippen LogP contribution in [0.2, 0.25) is 0 Å². The third-order valence-corrected chi connectivity index (χ3v) is 9.28. The fourth-order valence-electron chi connectivity index (χ4n) is 4.61. The van der Waals surface area contributed by atoms with Gasteiger partial charge in [0.25, 0.3) is 11.5 Å². The molecule has 6 rings (SSSR count). The molecule has 0 spiro atoms. The number of allylic oxidation sites excluding steroid dienone is 1. The molecule has 2 aliphatic rings. The first-order chi connectivity index (χ1) is 18.5. The highest BCUT2D eigenvalue weighted by Crippen LogP contribution is 2.45. The summed E-state index contributed by atoms with van der Waals surface area (Å²) in [4.78, 5) is 34.4. The van der Waals surface area contributed by atoms with Crippen molar-refractivity contribution >= 4 is 74.1 Å². The summed E-state index contributed by atoms with van der Waals surface area (Å²) in [7, 11) is 1.96. The molecule has 1 aromatic heterocycles. The van der Waals surface area contributed by atoms with Gasteiger partial charge in [0.05, 0.1) is 11.4 Å². The van der Waals surface area contributed by atoms with Crippen molar-refractivity contribution in [2.24, 2.45) is 0 Å². The molecule has 3 aromatic carbocycles. The van der Waals surface area contributed by atoms with E-state index in [9.17, 15) is 9.59 Å². The molecule has 188 valence electrons. The number of thiazole rings is 1. The topological polar surface area (TPSA) is 48.8 Å². The van der Waals surface area contributed by atoms with Crippen molar-refractivity contribution in [1.82, 2.24) is 4.57 Å². The lowest BCUT2D eigenvalue weighted by Crippen LogP contribution is -2.36.